The van der Waals surface area contributed by atoms with Crippen LogP contribution in [0.15, 0.2) is 17.5 Å². The topological polar surface area (TPSA) is 72.2 Å². The van der Waals surface area contributed by atoms with Gasteiger partial charge in [-0.3, -0.25) is 9.59 Å². The van der Waals surface area contributed by atoms with Gasteiger partial charge in [-0.1, -0.05) is 32.1 Å². The van der Waals surface area contributed by atoms with E-state index in [0.29, 0.717) is 24.5 Å². The summed E-state index contributed by atoms with van der Waals surface area (Å²) in [6.45, 7) is 0. The van der Waals surface area contributed by atoms with E-state index in [0.717, 1.165) is 12.8 Å². The van der Waals surface area contributed by atoms with Crippen molar-refractivity contribution in [3.63, 3.8) is 0 Å². The number of nitrogens with one attached hydrogen (secondary N) is 1. The third-order valence-corrected chi connectivity index (χ3v) is 4.33. The fourth-order valence-corrected chi connectivity index (χ4v) is 3.11. The van der Waals surface area contributed by atoms with Gasteiger partial charge in [0.25, 0.3) is 0 Å². The van der Waals surface area contributed by atoms with Crippen LogP contribution in [-0.2, 0) is 9.59 Å². The first-order valence-corrected chi connectivity index (χ1v) is 7.71. The molecule has 0 bridgehead atoms. The van der Waals surface area contributed by atoms with Gasteiger partial charge in [0.2, 0.25) is 11.8 Å². The molecule has 2 aliphatic carbocycles. The van der Waals surface area contributed by atoms with Gasteiger partial charge >= 0.3 is 0 Å². The highest BCUT2D eigenvalue weighted by Crippen LogP contribution is 2.27. The average molecular weight is 276 g/mol. The van der Waals surface area contributed by atoms with E-state index in [1.54, 1.807) is 0 Å². The summed E-state index contributed by atoms with van der Waals surface area (Å²) in [6, 6.07) is 0. The van der Waals surface area contributed by atoms with Crippen LogP contribution in [0.5, 0.6) is 0 Å². The number of rotatable bonds is 5. The Labute approximate surface area is 120 Å². The fraction of sp³-hybridized carbons (Fsp3) is 0.688. The van der Waals surface area contributed by atoms with Gasteiger partial charge in [-0.15, -0.1) is 5.73 Å². The highest BCUT2D eigenvalue weighted by molar-refractivity contribution is 5.83. The van der Waals surface area contributed by atoms with Gasteiger partial charge in [-0.05, 0) is 31.3 Å². The van der Waals surface area contributed by atoms with Crippen molar-refractivity contribution >= 4 is 11.8 Å². The first kappa shape index (κ1) is 14.9. The molecule has 0 aromatic rings. The molecular weight excluding hydrogens is 252 g/mol. The average Bonchev–Trinajstić information content (AvgIpc) is 2.46. The van der Waals surface area contributed by atoms with Crippen molar-refractivity contribution in [2.75, 3.05) is 0 Å². The molecule has 2 amide bonds. The Kier molecular flexibility index (Phi) is 5.42. The quantitative estimate of drug-likeness (QED) is 0.757. The Morgan fingerprint density at radius 1 is 1.25 bits per heavy atom. The normalized spacial score (nSPS) is 23.2. The number of nitrogens with two attached hydrogens (primary N) is 1. The van der Waals surface area contributed by atoms with Crippen LogP contribution in [0.2, 0.25) is 0 Å². The van der Waals surface area contributed by atoms with Crippen molar-refractivity contribution in [3.05, 3.63) is 17.5 Å². The molecule has 0 heterocycles. The predicted octanol–water partition coefficient (Wildman–Crippen LogP) is 2.40. The molecule has 0 aromatic carbocycles. The van der Waals surface area contributed by atoms with E-state index >= 15 is 0 Å². The Morgan fingerprint density at radius 2 is 2.00 bits per heavy atom. The molecule has 4 heteroatoms. The Morgan fingerprint density at radius 3 is 2.70 bits per heavy atom. The van der Waals surface area contributed by atoms with Crippen LogP contribution in [0.4, 0.5) is 0 Å². The van der Waals surface area contributed by atoms with E-state index in [1.165, 1.54) is 32.1 Å². The Hall–Kier alpha value is -1.54. The molecule has 2 aliphatic rings. The van der Waals surface area contributed by atoms with Gasteiger partial charge in [0.05, 0.1) is 11.6 Å². The molecule has 0 saturated heterocycles. The summed E-state index contributed by atoms with van der Waals surface area (Å²) in [6.07, 6.45) is 11.2. The van der Waals surface area contributed by atoms with Crippen molar-refractivity contribution in [2.45, 2.75) is 57.8 Å². The zero-order valence-electron chi connectivity index (χ0n) is 12.0. The smallest absolute Gasteiger partial charge is 0.227 e. The molecular formula is C16H24N2O2. The van der Waals surface area contributed by atoms with Crippen LogP contribution in [0.25, 0.3) is 0 Å². The summed E-state index contributed by atoms with van der Waals surface area (Å²) < 4.78 is 0. The maximum absolute atomic E-state index is 12.0. The van der Waals surface area contributed by atoms with Crippen molar-refractivity contribution < 1.29 is 9.59 Å². The second-order valence-corrected chi connectivity index (χ2v) is 5.89. The highest BCUT2D eigenvalue weighted by atomic mass is 16.2. The monoisotopic (exact) mass is 276 g/mol. The lowest BCUT2D eigenvalue weighted by Crippen LogP contribution is -2.34. The van der Waals surface area contributed by atoms with E-state index in [-0.39, 0.29) is 11.8 Å². The summed E-state index contributed by atoms with van der Waals surface area (Å²) in [5.74, 6) is -0.0938. The molecule has 0 aromatic heterocycles. The third kappa shape index (κ3) is 4.24. The number of carbonyl (C=O) groups is 2. The number of amides is 2. The number of hydrogen-bond acceptors (Lipinski definition) is 2. The zero-order valence-corrected chi connectivity index (χ0v) is 12.0. The van der Waals surface area contributed by atoms with Crippen molar-refractivity contribution in [2.24, 2.45) is 17.6 Å². The van der Waals surface area contributed by atoms with Gasteiger partial charge in [0.1, 0.15) is 0 Å². The summed E-state index contributed by atoms with van der Waals surface area (Å²) in [5.41, 5.74) is 8.89. The lowest BCUT2D eigenvalue weighted by molar-refractivity contribution is -0.122. The molecule has 1 atom stereocenters. The minimum Gasteiger partial charge on any atom is -0.369 e. The molecule has 0 aliphatic heterocycles. The molecule has 3 N–H and O–H groups in total. The van der Waals surface area contributed by atoms with Crippen LogP contribution in [0.3, 0.4) is 0 Å². The van der Waals surface area contributed by atoms with Gasteiger partial charge in [0, 0.05) is 6.42 Å². The van der Waals surface area contributed by atoms with Crippen molar-refractivity contribution in [1.29, 1.82) is 0 Å². The van der Waals surface area contributed by atoms with Crippen LogP contribution in [0.1, 0.15) is 57.8 Å². The largest absolute Gasteiger partial charge is 0.369 e. The van der Waals surface area contributed by atoms with Gasteiger partial charge in [0.15, 0.2) is 0 Å². The lowest BCUT2D eigenvalue weighted by Gasteiger charge is -2.22. The standard InChI is InChI=1S/C16H24N2O2/c17-16(20)13-8-4-5-9-14(13)18-15(19)11-10-12-6-2-1-3-7-12/h5,12-13H,1-4,6-8,10-11H2,(H2,17,20)(H,18,19). The summed E-state index contributed by atoms with van der Waals surface area (Å²) >= 11 is 0. The maximum atomic E-state index is 12.0. The fourth-order valence-electron chi connectivity index (χ4n) is 3.11. The summed E-state index contributed by atoms with van der Waals surface area (Å²) in [4.78, 5) is 23.3. The molecule has 4 nitrogen and oxygen atoms in total. The van der Waals surface area contributed by atoms with E-state index in [2.05, 4.69) is 11.0 Å². The molecule has 1 saturated carbocycles. The summed E-state index contributed by atoms with van der Waals surface area (Å²) in [5, 5.41) is 2.82. The molecule has 0 radical (unpaired) electrons. The van der Waals surface area contributed by atoms with Crippen molar-refractivity contribution in [3.8, 4) is 0 Å². The van der Waals surface area contributed by atoms with E-state index in [4.69, 9.17) is 5.73 Å². The zero-order chi connectivity index (χ0) is 14.4. The number of primary amides is 1. The van der Waals surface area contributed by atoms with Crippen LogP contribution in [-0.4, -0.2) is 11.8 Å². The minimum absolute atomic E-state index is 0.0142. The van der Waals surface area contributed by atoms with E-state index in [1.807, 2.05) is 6.08 Å². The number of hydrogen-bond donors (Lipinski definition) is 2. The van der Waals surface area contributed by atoms with Gasteiger partial charge in [-0.25, -0.2) is 0 Å². The van der Waals surface area contributed by atoms with Crippen LogP contribution >= 0.6 is 0 Å². The highest BCUT2D eigenvalue weighted by Gasteiger charge is 2.23. The molecule has 2 rings (SSSR count). The molecule has 110 valence electrons. The maximum Gasteiger partial charge on any atom is 0.227 e. The number of carbonyl (C=O) groups excluding carboxylic acids is 2. The Bertz CT molecular complexity index is 430. The first-order chi connectivity index (χ1) is 9.66. The third-order valence-electron chi connectivity index (χ3n) is 4.33. The summed E-state index contributed by atoms with van der Waals surface area (Å²) in [7, 11) is 0. The van der Waals surface area contributed by atoms with Crippen LogP contribution in [0, 0.1) is 11.8 Å². The Balaban J connectivity index is 1.81. The van der Waals surface area contributed by atoms with Gasteiger partial charge in [-0.2, -0.15) is 0 Å². The van der Waals surface area contributed by atoms with E-state index < -0.39 is 5.92 Å². The molecule has 0 spiro atoms. The molecule has 1 fully saturated rings. The second kappa shape index (κ2) is 7.30. The molecule has 20 heavy (non-hydrogen) atoms. The lowest BCUT2D eigenvalue weighted by atomic mass is 9.86. The van der Waals surface area contributed by atoms with Gasteiger partial charge < -0.3 is 11.1 Å². The second-order valence-electron chi connectivity index (χ2n) is 5.89. The van der Waals surface area contributed by atoms with Crippen LogP contribution < -0.4 is 11.1 Å². The van der Waals surface area contributed by atoms with E-state index in [9.17, 15) is 9.59 Å². The molecule has 1 unspecified atom stereocenters. The predicted molar refractivity (Wildman–Crippen MR) is 77.5 cm³/mol. The van der Waals surface area contributed by atoms with Crippen molar-refractivity contribution in [1.82, 2.24) is 5.32 Å². The first-order valence-electron chi connectivity index (χ1n) is 7.71. The minimum atomic E-state index is -0.390. The SMILES string of the molecule is NC(=O)C1CCC=C=C1NC(=O)CCC1CCCCC1.